The minimum absolute atomic E-state index is 0.0492. The first-order valence-electron chi connectivity index (χ1n) is 8.21. The first kappa shape index (κ1) is 15.9. The molecule has 3 rings (SSSR count). The van der Waals surface area contributed by atoms with Crippen molar-refractivity contribution in [2.75, 3.05) is 6.54 Å². The summed E-state index contributed by atoms with van der Waals surface area (Å²) in [5, 5.41) is 4.09. The third kappa shape index (κ3) is 4.52. The third-order valence-corrected chi connectivity index (χ3v) is 5.25. The van der Waals surface area contributed by atoms with Gasteiger partial charge in [0, 0.05) is 23.9 Å². The van der Waals surface area contributed by atoms with Crippen molar-refractivity contribution >= 4 is 23.3 Å². The van der Waals surface area contributed by atoms with Gasteiger partial charge in [0.1, 0.15) is 0 Å². The Morgan fingerprint density at radius 3 is 2.83 bits per heavy atom. The predicted molar refractivity (Wildman–Crippen MR) is 95.7 cm³/mol. The molecule has 1 heterocycles. The SMILES string of the molecule is Cc1ccc(/C=C/C(=O)NCCc2nc3c(s2)CCCC3)cc1. The van der Waals surface area contributed by atoms with Crippen molar-refractivity contribution < 1.29 is 4.79 Å². The van der Waals surface area contributed by atoms with Crippen LogP contribution < -0.4 is 5.32 Å². The molecule has 1 N–H and O–H groups in total. The molecule has 0 bridgehead atoms. The summed E-state index contributed by atoms with van der Waals surface area (Å²) in [4.78, 5) is 18.0. The molecule has 0 unspecified atom stereocenters. The summed E-state index contributed by atoms with van der Waals surface area (Å²) in [5.74, 6) is -0.0492. The molecular weight excluding hydrogens is 304 g/mol. The van der Waals surface area contributed by atoms with E-state index in [4.69, 9.17) is 4.98 Å². The largest absolute Gasteiger partial charge is 0.352 e. The highest BCUT2D eigenvalue weighted by atomic mass is 32.1. The van der Waals surface area contributed by atoms with Gasteiger partial charge in [-0.1, -0.05) is 29.8 Å². The normalized spacial score (nSPS) is 14.0. The van der Waals surface area contributed by atoms with E-state index < -0.39 is 0 Å². The second-order valence-corrected chi connectivity index (χ2v) is 7.14. The van der Waals surface area contributed by atoms with Gasteiger partial charge >= 0.3 is 0 Å². The highest BCUT2D eigenvalue weighted by molar-refractivity contribution is 7.11. The molecule has 0 fully saturated rings. The molecule has 120 valence electrons. The fourth-order valence-corrected chi connectivity index (χ4v) is 3.87. The smallest absolute Gasteiger partial charge is 0.244 e. The number of carbonyl (C=O) groups excluding carboxylic acids is 1. The first-order valence-corrected chi connectivity index (χ1v) is 9.02. The van der Waals surface area contributed by atoms with Gasteiger partial charge in [0.25, 0.3) is 0 Å². The van der Waals surface area contributed by atoms with Gasteiger partial charge in [0.2, 0.25) is 5.91 Å². The van der Waals surface area contributed by atoms with Crippen molar-refractivity contribution in [1.82, 2.24) is 10.3 Å². The van der Waals surface area contributed by atoms with Gasteiger partial charge in [-0.15, -0.1) is 11.3 Å². The maximum atomic E-state index is 11.9. The number of thiazole rings is 1. The molecule has 4 heteroatoms. The monoisotopic (exact) mass is 326 g/mol. The molecule has 0 saturated carbocycles. The first-order chi connectivity index (χ1) is 11.2. The molecule has 0 aliphatic heterocycles. The highest BCUT2D eigenvalue weighted by Gasteiger charge is 2.14. The Morgan fingerprint density at radius 2 is 2.04 bits per heavy atom. The number of hydrogen-bond acceptors (Lipinski definition) is 3. The van der Waals surface area contributed by atoms with Crippen LogP contribution in [0.1, 0.15) is 39.5 Å². The lowest BCUT2D eigenvalue weighted by molar-refractivity contribution is -0.116. The van der Waals surface area contributed by atoms with Gasteiger partial charge < -0.3 is 5.32 Å². The Hall–Kier alpha value is -1.94. The van der Waals surface area contributed by atoms with E-state index in [-0.39, 0.29) is 5.91 Å². The number of hydrogen-bond donors (Lipinski definition) is 1. The Labute approximate surface area is 141 Å². The van der Waals surface area contributed by atoms with Crippen LogP contribution in [0.15, 0.2) is 30.3 Å². The average molecular weight is 326 g/mol. The summed E-state index contributed by atoms with van der Waals surface area (Å²) in [7, 11) is 0. The zero-order chi connectivity index (χ0) is 16.1. The molecule has 1 amide bonds. The lowest BCUT2D eigenvalue weighted by Crippen LogP contribution is -2.23. The molecule has 1 aromatic heterocycles. The number of amides is 1. The summed E-state index contributed by atoms with van der Waals surface area (Å²) in [6.45, 7) is 2.69. The number of carbonyl (C=O) groups is 1. The number of rotatable bonds is 5. The molecule has 0 atom stereocenters. The number of aromatic nitrogens is 1. The second kappa shape index (κ2) is 7.55. The van der Waals surface area contributed by atoms with Gasteiger partial charge in [-0.2, -0.15) is 0 Å². The average Bonchev–Trinajstić information content (AvgIpc) is 2.97. The predicted octanol–water partition coefficient (Wildman–Crippen LogP) is 3.70. The van der Waals surface area contributed by atoms with E-state index in [1.165, 1.54) is 35.4 Å². The van der Waals surface area contributed by atoms with E-state index in [0.29, 0.717) is 6.54 Å². The third-order valence-electron chi connectivity index (χ3n) is 4.03. The molecule has 1 aliphatic rings. The molecule has 0 radical (unpaired) electrons. The summed E-state index contributed by atoms with van der Waals surface area (Å²) in [6.07, 6.45) is 9.11. The highest BCUT2D eigenvalue weighted by Crippen LogP contribution is 2.26. The van der Waals surface area contributed by atoms with Crippen molar-refractivity contribution in [1.29, 1.82) is 0 Å². The van der Waals surface area contributed by atoms with Gasteiger partial charge in [-0.25, -0.2) is 4.98 Å². The maximum absolute atomic E-state index is 11.9. The number of fused-ring (bicyclic) bond motifs is 1. The van der Waals surface area contributed by atoms with Crippen molar-refractivity contribution in [3.8, 4) is 0 Å². The molecule has 2 aromatic rings. The lowest BCUT2D eigenvalue weighted by atomic mass is 10.0. The minimum atomic E-state index is -0.0492. The summed E-state index contributed by atoms with van der Waals surface area (Å²) < 4.78 is 0. The number of nitrogens with one attached hydrogen (secondary N) is 1. The van der Waals surface area contributed by atoms with E-state index >= 15 is 0 Å². The standard InChI is InChI=1S/C19H22N2OS/c1-14-6-8-15(9-7-14)10-11-18(22)20-13-12-19-21-16-4-2-3-5-17(16)23-19/h6-11H,2-5,12-13H2,1H3,(H,20,22)/b11-10+. The van der Waals surface area contributed by atoms with Crippen molar-refractivity contribution in [2.45, 2.75) is 39.0 Å². The van der Waals surface area contributed by atoms with Crippen LogP contribution in [0.3, 0.4) is 0 Å². The van der Waals surface area contributed by atoms with Crippen molar-refractivity contribution in [3.63, 3.8) is 0 Å². The van der Waals surface area contributed by atoms with Crippen LogP contribution in [0.4, 0.5) is 0 Å². The van der Waals surface area contributed by atoms with Crippen molar-refractivity contribution in [3.05, 3.63) is 57.0 Å². The number of nitrogens with zero attached hydrogens (tertiary/aromatic N) is 1. The van der Waals surface area contributed by atoms with E-state index in [9.17, 15) is 4.79 Å². The van der Waals surface area contributed by atoms with Crippen LogP contribution in [-0.2, 0) is 24.1 Å². The van der Waals surface area contributed by atoms with Crippen LogP contribution in [0.2, 0.25) is 0 Å². The molecule has 0 spiro atoms. The van der Waals surface area contributed by atoms with Gasteiger partial charge in [-0.3, -0.25) is 4.79 Å². The van der Waals surface area contributed by atoms with Crippen LogP contribution >= 0.6 is 11.3 Å². The van der Waals surface area contributed by atoms with Gasteiger partial charge in [0.15, 0.2) is 0 Å². The molecule has 3 nitrogen and oxygen atoms in total. The maximum Gasteiger partial charge on any atom is 0.244 e. The Morgan fingerprint density at radius 1 is 1.26 bits per heavy atom. The Balaban J connectivity index is 1.45. The number of aryl methyl sites for hydroxylation is 3. The summed E-state index contributed by atoms with van der Waals surface area (Å²) in [5.41, 5.74) is 3.55. The van der Waals surface area contributed by atoms with Gasteiger partial charge in [0.05, 0.1) is 10.7 Å². The van der Waals surface area contributed by atoms with E-state index in [1.807, 2.05) is 41.7 Å². The minimum Gasteiger partial charge on any atom is -0.352 e. The Kier molecular flexibility index (Phi) is 5.23. The van der Waals surface area contributed by atoms with Crippen molar-refractivity contribution in [2.24, 2.45) is 0 Å². The van der Waals surface area contributed by atoms with E-state index in [2.05, 4.69) is 12.2 Å². The second-order valence-electron chi connectivity index (χ2n) is 5.97. The van der Waals surface area contributed by atoms with Crippen LogP contribution in [0.5, 0.6) is 0 Å². The lowest BCUT2D eigenvalue weighted by Gasteiger charge is -2.06. The van der Waals surface area contributed by atoms with E-state index in [1.54, 1.807) is 6.08 Å². The fourth-order valence-electron chi connectivity index (χ4n) is 2.71. The van der Waals surface area contributed by atoms with Crippen LogP contribution in [0, 0.1) is 6.92 Å². The fraction of sp³-hybridized carbons (Fsp3) is 0.368. The Bertz CT molecular complexity index is 677. The molecular formula is C19H22N2OS. The molecule has 0 saturated heterocycles. The molecule has 23 heavy (non-hydrogen) atoms. The zero-order valence-electron chi connectivity index (χ0n) is 13.5. The van der Waals surface area contributed by atoms with Crippen LogP contribution in [-0.4, -0.2) is 17.4 Å². The number of benzene rings is 1. The summed E-state index contributed by atoms with van der Waals surface area (Å²) in [6, 6.07) is 8.11. The topological polar surface area (TPSA) is 42.0 Å². The molecule has 1 aliphatic carbocycles. The zero-order valence-corrected chi connectivity index (χ0v) is 14.3. The van der Waals surface area contributed by atoms with Gasteiger partial charge in [-0.05, 0) is 44.2 Å². The quantitative estimate of drug-likeness (QED) is 0.851. The van der Waals surface area contributed by atoms with E-state index in [0.717, 1.165) is 23.4 Å². The summed E-state index contributed by atoms with van der Waals surface area (Å²) >= 11 is 1.82. The van der Waals surface area contributed by atoms with Crippen LogP contribution in [0.25, 0.3) is 6.08 Å². The molecule has 1 aromatic carbocycles.